The van der Waals surface area contributed by atoms with Crippen molar-refractivity contribution in [1.82, 2.24) is 0 Å². The number of amides is 2. The van der Waals surface area contributed by atoms with Gasteiger partial charge in [-0.1, -0.05) is 35.3 Å². The van der Waals surface area contributed by atoms with Crippen LogP contribution in [0.2, 0.25) is 5.02 Å². The molecule has 2 aromatic rings. The van der Waals surface area contributed by atoms with Gasteiger partial charge in [0, 0.05) is 5.02 Å². The van der Waals surface area contributed by atoms with E-state index in [1.165, 1.54) is 7.11 Å². The number of aryl methyl sites for hydroxylation is 1. The molecule has 0 bridgehead atoms. The highest BCUT2D eigenvalue weighted by molar-refractivity contribution is 6.53. The van der Waals surface area contributed by atoms with Crippen LogP contribution >= 0.6 is 23.2 Å². The molecule has 3 rings (SSSR count). The van der Waals surface area contributed by atoms with Crippen LogP contribution in [0.25, 0.3) is 0 Å². The lowest BCUT2D eigenvalue weighted by Crippen LogP contribution is -2.32. The summed E-state index contributed by atoms with van der Waals surface area (Å²) in [5.41, 5.74) is 1.80. The van der Waals surface area contributed by atoms with Crippen molar-refractivity contribution in [2.45, 2.75) is 6.92 Å². The summed E-state index contributed by atoms with van der Waals surface area (Å²) in [7, 11) is 1.49. The zero-order valence-electron chi connectivity index (χ0n) is 13.5. The number of ether oxygens (including phenoxy) is 1. The first kappa shape index (κ1) is 17.3. The first-order valence-electron chi connectivity index (χ1n) is 7.38. The maximum absolute atomic E-state index is 12.8. The van der Waals surface area contributed by atoms with Gasteiger partial charge >= 0.3 is 0 Å². The highest BCUT2D eigenvalue weighted by Gasteiger charge is 2.39. The molecule has 1 aliphatic rings. The maximum Gasteiger partial charge on any atom is 0.283 e. The Labute approximate surface area is 154 Å². The Morgan fingerprint density at radius 2 is 1.80 bits per heavy atom. The highest BCUT2D eigenvalue weighted by atomic mass is 35.5. The lowest BCUT2D eigenvalue weighted by molar-refractivity contribution is -0.120. The van der Waals surface area contributed by atoms with Gasteiger partial charge in [0.25, 0.3) is 11.8 Å². The average molecular weight is 377 g/mol. The third-order valence-corrected chi connectivity index (χ3v) is 4.29. The summed E-state index contributed by atoms with van der Waals surface area (Å²) >= 11 is 12.1. The van der Waals surface area contributed by atoms with Gasteiger partial charge in [-0.05, 0) is 42.8 Å². The number of methoxy groups -OCH3 is 1. The summed E-state index contributed by atoms with van der Waals surface area (Å²) in [5, 5.41) is 3.14. The van der Waals surface area contributed by atoms with E-state index in [4.69, 9.17) is 27.9 Å². The average Bonchev–Trinajstić information content (AvgIpc) is 2.79. The molecule has 128 valence electrons. The van der Waals surface area contributed by atoms with Crippen LogP contribution in [0.4, 0.5) is 11.4 Å². The third kappa shape index (κ3) is 3.21. The Hall–Kier alpha value is -2.50. The topological polar surface area (TPSA) is 58.6 Å². The summed E-state index contributed by atoms with van der Waals surface area (Å²) in [6.07, 6.45) is 0. The summed E-state index contributed by atoms with van der Waals surface area (Å²) in [4.78, 5) is 26.3. The molecule has 1 aliphatic heterocycles. The van der Waals surface area contributed by atoms with Crippen molar-refractivity contribution in [3.63, 3.8) is 0 Å². The molecule has 0 aliphatic carbocycles. The van der Waals surface area contributed by atoms with E-state index in [9.17, 15) is 9.59 Å². The fourth-order valence-corrected chi connectivity index (χ4v) is 2.91. The van der Waals surface area contributed by atoms with Crippen LogP contribution in [-0.2, 0) is 9.59 Å². The summed E-state index contributed by atoms with van der Waals surface area (Å²) in [5.74, 6) is -0.654. The van der Waals surface area contributed by atoms with E-state index in [0.29, 0.717) is 22.1 Å². The van der Waals surface area contributed by atoms with Crippen molar-refractivity contribution in [2.24, 2.45) is 0 Å². The SMILES string of the molecule is COc1ccc(Cl)cc1NC1=C(Cl)C(=O)N(c2cccc(C)c2)C1=O. The van der Waals surface area contributed by atoms with Crippen molar-refractivity contribution in [3.05, 3.63) is 63.8 Å². The van der Waals surface area contributed by atoms with Gasteiger partial charge in [0.15, 0.2) is 0 Å². The zero-order chi connectivity index (χ0) is 18.1. The van der Waals surface area contributed by atoms with Crippen molar-refractivity contribution >= 4 is 46.4 Å². The molecule has 0 atom stereocenters. The third-order valence-electron chi connectivity index (χ3n) is 3.71. The molecule has 0 radical (unpaired) electrons. The minimum Gasteiger partial charge on any atom is -0.495 e. The van der Waals surface area contributed by atoms with Crippen molar-refractivity contribution < 1.29 is 14.3 Å². The lowest BCUT2D eigenvalue weighted by Gasteiger charge is -2.16. The monoisotopic (exact) mass is 376 g/mol. The molecule has 0 saturated heterocycles. The van der Waals surface area contributed by atoms with Crippen LogP contribution in [0.1, 0.15) is 5.56 Å². The van der Waals surface area contributed by atoms with E-state index in [-0.39, 0.29) is 10.7 Å². The molecule has 0 aromatic heterocycles. The smallest absolute Gasteiger partial charge is 0.283 e. The van der Waals surface area contributed by atoms with Gasteiger partial charge < -0.3 is 10.1 Å². The number of nitrogens with zero attached hydrogens (tertiary/aromatic N) is 1. The number of anilines is 2. The minimum absolute atomic E-state index is 0.0197. The Bertz CT molecular complexity index is 909. The lowest BCUT2D eigenvalue weighted by atomic mass is 10.2. The molecule has 1 heterocycles. The molecule has 5 nitrogen and oxygen atoms in total. The number of imide groups is 1. The normalized spacial score (nSPS) is 14.3. The second-order valence-electron chi connectivity index (χ2n) is 5.44. The van der Waals surface area contributed by atoms with Gasteiger partial charge in [0.05, 0.1) is 18.5 Å². The molecule has 7 heteroatoms. The molecule has 0 saturated carbocycles. The summed E-state index contributed by atoms with van der Waals surface area (Å²) < 4.78 is 5.24. The van der Waals surface area contributed by atoms with Gasteiger partial charge in [-0.3, -0.25) is 9.59 Å². The van der Waals surface area contributed by atoms with Crippen LogP contribution in [-0.4, -0.2) is 18.9 Å². The van der Waals surface area contributed by atoms with Crippen LogP contribution in [0.15, 0.2) is 53.2 Å². The Morgan fingerprint density at radius 1 is 1.04 bits per heavy atom. The number of hydrogen-bond donors (Lipinski definition) is 1. The van der Waals surface area contributed by atoms with Crippen molar-refractivity contribution in [1.29, 1.82) is 0 Å². The fourth-order valence-electron chi connectivity index (χ4n) is 2.53. The number of benzene rings is 2. The quantitative estimate of drug-likeness (QED) is 0.816. The van der Waals surface area contributed by atoms with Crippen LogP contribution in [0.3, 0.4) is 0 Å². The Morgan fingerprint density at radius 3 is 2.48 bits per heavy atom. The first-order valence-corrected chi connectivity index (χ1v) is 8.13. The van der Waals surface area contributed by atoms with Crippen LogP contribution in [0.5, 0.6) is 5.75 Å². The number of carbonyl (C=O) groups is 2. The second-order valence-corrected chi connectivity index (χ2v) is 6.26. The van der Waals surface area contributed by atoms with Crippen molar-refractivity contribution in [3.8, 4) is 5.75 Å². The van der Waals surface area contributed by atoms with Gasteiger partial charge in [-0.25, -0.2) is 4.90 Å². The molecule has 2 amide bonds. The largest absolute Gasteiger partial charge is 0.495 e. The molecule has 0 unspecified atom stereocenters. The van der Waals surface area contributed by atoms with E-state index >= 15 is 0 Å². The molecule has 1 N–H and O–H groups in total. The Kier molecular flexibility index (Phi) is 4.70. The first-order chi connectivity index (χ1) is 11.9. The van der Waals surface area contributed by atoms with Gasteiger partial charge in [-0.2, -0.15) is 0 Å². The van der Waals surface area contributed by atoms with E-state index in [2.05, 4.69) is 5.32 Å². The molecule has 25 heavy (non-hydrogen) atoms. The van der Waals surface area contributed by atoms with Gasteiger partial charge in [0.1, 0.15) is 16.5 Å². The maximum atomic E-state index is 12.8. The van der Waals surface area contributed by atoms with Crippen LogP contribution < -0.4 is 15.0 Å². The summed E-state index contributed by atoms with van der Waals surface area (Å²) in [6, 6.07) is 12.0. The fraction of sp³-hybridized carbons (Fsp3) is 0.111. The highest BCUT2D eigenvalue weighted by Crippen LogP contribution is 2.34. The van der Waals surface area contributed by atoms with Crippen molar-refractivity contribution in [2.75, 3.05) is 17.3 Å². The molecular formula is C18H14Cl2N2O3. The predicted octanol–water partition coefficient (Wildman–Crippen LogP) is 4.09. The van der Waals surface area contributed by atoms with Gasteiger partial charge in [0.2, 0.25) is 0 Å². The number of halogens is 2. The predicted molar refractivity (Wildman–Crippen MR) is 98.2 cm³/mol. The Balaban J connectivity index is 1.97. The molecule has 2 aromatic carbocycles. The number of rotatable bonds is 4. The van der Waals surface area contributed by atoms with E-state index < -0.39 is 11.8 Å². The summed E-state index contributed by atoms with van der Waals surface area (Å²) in [6.45, 7) is 1.87. The number of carbonyl (C=O) groups excluding carboxylic acids is 2. The zero-order valence-corrected chi connectivity index (χ0v) is 15.0. The van der Waals surface area contributed by atoms with Crippen LogP contribution in [0, 0.1) is 6.92 Å². The van der Waals surface area contributed by atoms with Gasteiger partial charge in [-0.15, -0.1) is 0 Å². The minimum atomic E-state index is -0.583. The number of nitrogens with one attached hydrogen (secondary N) is 1. The number of hydrogen-bond acceptors (Lipinski definition) is 4. The van der Waals surface area contributed by atoms with E-state index in [1.54, 1.807) is 36.4 Å². The standard InChI is InChI=1S/C18H14Cl2N2O3/c1-10-4-3-5-12(8-10)22-17(23)15(20)16(18(22)24)21-13-9-11(19)6-7-14(13)25-2/h3-9,21H,1-2H3. The molecular weight excluding hydrogens is 363 g/mol. The second kappa shape index (κ2) is 6.78. The molecule has 0 fully saturated rings. The van der Waals surface area contributed by atoms with E-state index in [1.807, 2.05) is 13.0 Å². The molecule has 0 spiro atoms. The van der Waals surface area contributed by atoms with E-state index in [0.717, 1.165) is 10.5 Å².